The number of methoxy groups -OCH3 is 1. The third kappa shape index (κ3) is 3.44. The molecular formula is C21H23Cl2NO3S. The van der Waals surface area contributed by atoms with Crippen LogP contribution in [0.3, 0.4) is 0 Å². The van der Waals surface area contributed by atoms with Gasteiger partial charge in [0.25, 0.3) is 5.79 Å². The lowest BCUT2D eigenvalue weighted by molar-refractivity contribution is -0.189. The Morgan fingerprint density at radius 3 is 2.07 bits per heavy atom. The van der Waals surface area contributed by atoms with Gasteiger partial charge in [0.15, 0.2) is 4.90 Å². The van der Waals surface area contributed by atoms with E-state index in [1.807, 2.05) is 52.0 Å². The molecule has 1 heterocycles. The minimum Gasteiger partial charge on any atom is -0.611 e. The van der Waals surface area contributed by atoms with Crippen LogP contribution >= 0.6 is 23.2 Å². The van der Waals surface area contributed by atoms with Crippen LogP contribution in [-0.2, 0) is 20.8 Å². The maximum atomic E-state index is 13.6. The zero-order valence-corrected chi connectivity index (χ0v) is 19.1. The Morgan fingerprint density at radius 1 is 1.04 bits per heavy atom. The van der Waals surface area contributed by atoms with Gasteiger partial charge in [0, 0.05) is 40.8 Å². The van der Waals surface area contributed by atoms with Gasteiger partial charge in [0.2, 0.25) is 5.25 Å². The zero-order valence-electron chi connectivity index (χ0n) is 16.7. The van der Waals surface area contributed by atoms with Crippen molar-refractivity contribution in [3.8, 4) is 0 Å². The third-order valence-electron chi connectivity index (χ3n) is 5.25. The topological polar surface area (TPSA) is 53.9 Å². The molecule has 1 aliphatic rings. The van der Waals surface area contributed by atoms with Crippen molar-refractivity contribution < 1.29 is 14.1 Å². The summed E-state index contributed by atoms with van der Waals surface area (Å²) in [5.74, 6) is -1.17. The summed E-state index contributed by atoms with van der Waals surface area (Å²) < 4.78 is 19.2. The molecule has 0 saturated heterocycles. The third-order valence-corrected chi connectivity index (χ3v) is 8.20. The van der Waals surface area contributed by atoms with E-state index >= 15 is 0 Å². The summed E-state index contributed by atoms with van der Waals surface area (Å²) in [7, 11) is 1.52. The quantitative estimate of drug-likeness (QED) is 0.590. The van der Waals surface area contributed by atoms with Crippen molar-refractivity contribution in [3.05, 3.63) is 62.1 Å². The number of ether oxygens (including phenoxy) is 1. The standard InChI is InChI=1S/C21H23Cl2NO3S/c1-11-7-9-15(10-8-11)28(25)20-19(24-27-21(20,5)26-6)16-12(2)17(22)14(4)18(23)13(16)3/h7-10,20H,1-6H3/t20-,21+,28-/m0/s1. The number of hydrogen-bond donors (Lipinski definition) is 0. The van der Waals surface area contributed by atoms with Gasteiger partial charge < -0.3 is 14.1 Å². The van der Waals surface area contributed by atoms with E-state index < -0.39 is 22.2 Å². The van der Waals surface area contributed by atoms with E-state index in [9.17, 15) is 4.55 Å². The Kier molecular flexibility index (Phi) is 6.04. The van der Waals surface area contributed by atoms with Gasteiger partial charge in [-0.2, -0.15) is 0 Å². The monoisotopic (exact) mass is 439 g/mol. The molecule has 0 saturated carbocycles. The molecule has 3 rings (SSSR count). The van der Waals surface area contributed by atoms with Crippen molar-refractivity contribution in [2.75, 3.05) is 7.11 Å². The Hall–Kier alpha value is -1.24. The van der Waals surface area contributed by atoms with Gasteiger partial charge in [0.05, 0.1) is 0 Å². The summed E-state index contributed by atoms with van der Waals surface area (Å²) in [6, 6.07) is 7.57. The zero-order chi connectivity index (χ0) is 20.8. The number of halogens is 2. The number of hydrogen-bond acceptors (Lipinski definition) is 4. The van der Waals surface area contributed by atoms with E-state index in [0.29, 0.717) is 20.7 Å². The van der Waals surface area contributed by atoms with Gasteiger partial charge in [-0.25, -0.2) is 0 Å². The first-order valence-corrected chi connectivity index (χ1v) is 10.8. The SMILES string of the molecule is CO[C@]1(C)ON=C(c2c(C)c(Cl)c(C)c(Cl)c2C)[C@@H]1[S@@+]([O-])c1ccc(C)cc1. The molecule has 0 radical (unpaired) electrons. The lowest BCUT2D eigenvalue weighted by Crippen LogP contribution is -2.48. The summed E-state index contributed by atoms with van der Waals surface area (Å²) in [4.78, 5) is 6.32. The molecule has 0 N–H and O–H groups in total. The summed E-state index contributed by atoms with van der Waals surface area (Å²) in [6.45, 7) is 9.42. The molecule has 150 valence electrons. The lowest BCUT2D eigenvalue weighted by atomic mass is 9.92. The molecule has 0 aromatic heterocycles. The number of aryl methyl sites for hydroxylation is 1. The molecule has 7 heteroatoms. The molecule has 2 aromatic rings. The van der Waals surface area contributed by atoms with Crippen LogP contribution in [0.15, 0.2) is 34.3 Å². The molecule has 0 unspecified atom stereocenters. The fraction of sp³-hybridized carbons (Fsp3) is 0.381. The van der Waals surface area contributed by atoms with Crippen LogP contribution in [0.1, 0.15) is 34.7 Å². The molecule has 1 aliphatic heterocycles. The van der Waals surface area contributed by atoms with Crippen LogP contribution < -0.4 is 0 Å². The molecule has 2 aromatic carbocycles. The normalized spacial score (nSPS) is 22.8. The Labute approximate surface area is 179 Å². The second-order valence-corrected chi connectivity index (χ2v) is 9.45. The van der Waals surface area contributed by atoms with E-state index in [0.717, 1.165) is 27.8 Å². The number of rotatable bonds is 4. The van der Waals surface area contributed by atoms with Crippen molar-refractivity contribution in [3.63, 3.8) is 0 Å². The molecule has 3 atom stereocenters. The largest absolute Gasteiger partial charge is 0.611 e. The van der Waals surface area contributed by atoms with Gasteiger partial charge in [-0.05, 0) is 56.5 Å². The number of oxime groups is 1. The summed E-state index contributed by atoms with van der Waals surface area (Å²) in [5, 5.41) is 4.78. The van der Waals surface area contributed by atoms with Gasteiger partial charge in [0.1, 0.15) is 5.71 Å². The first-order valence-electron chi connectivity index (χ1n) is 8.86. The van der Waals surface area contributed by atoms with Crippen molar-refractivity contribution in [1.82, 2.24) is 0 Å². The molecule has 0 spiro atoms. The van der Waals surface area contributed by atoms with E-state index in [-0.39, 0.29) is 0 Å². The maximum Gasteiger partial charge on any atom is 0.288 e. The van der Waals surface area contributed by atoms with E-state index in [1.165, 1.54) is 7.11 Å². The van der Waals surface area contributed by atoms with E-state index in [2.05, 4.69) is 5.16 Å². The minimum atomic E-state index is -1.47. The average Bonchev–Trinajstić information content (AvgIpc) is 3.02. The molecule has 0 amide bonds. The van der Waals surface area contributed by atoms with Gasteiger partial charge in [-0.15, -0.1) is 0 Å². The minimum absolute atomic E-state index is 0.530. The summed E-state index contributed by atoms with van der Waals surface area (Å²) >= 11 is 11.6. The fourth-order valence-corrected chi connectivity index (χ4v) is 5.45. The summed E-state index contributed by atoms with van der Waals surface area (Å²) in [5.41, 5.74) is 4.85. The predicted molar refractivity (Wildman–Crippen MR) is 115 cm³/mol. The van der Waals surface area contributed by atoms with Crippen LogP contribution in [-0.4, -0.2) is 28.4 Å². The van der Waals surface area contributed by atoms with Gasteiger partial charge in [-0.1, -0.05) is 46.1 Å². The highest BCUT2D eigenvalue weighted by molar-refractivity contribution is 7.93. The van der Waals surface area contributed by atoms with Gasteiger partial charge in [-0.3, -0.25) is 0 Å². The molecular weight excluding hydrogens is 417 g/mol. The maximum absolute atomic E-state index is 13.6. The first kappa shape index (κ1) is 21.5. The highest BCUT2D eigenvalue weighted by atomic mass is 35.5. The van der Waals surface area contributed by atoms with Crippen molar-refractivity contribution in [2.24, 2.45) is 5.16 Å². The molecule has 0 fully saturated rings. The highest BCUT2D eigenvalue weighted by Gasteiger charge is 2.55. The first-order chi connectivity index (χ1) is 13.1. The lowest BCUT2D eigenvalue weighted by Gasteiger charge is -2.29. The molecule has 4 nitrogen and oxygen atoms in total. The number of nitrogens with zero attached hydrogens (tertiary/aromatic N) is 1. The van der Waals surface area contributed by atoms with Crippen molar-refractivity contribution in [2.45, 2.75) is 50.6 Å². The second-order valence-electron chi connectivity index (χ2n) is 7.16. The molecule has 0 bridgehead atoms. The van der Waals surface area contributed by atoms with Crippen LogP contribution in [0.25, 0.3) is 0 Å². The van der Waals surface area contributed by atoms with Gasteiger partial charge >= 0.3 is 0 Å². The van der Waals surface area contributed by atoms with Crippen LogP contribution in [0.5, 0.6) is 0 Å². The fourth-order valence-electron chi connectivity index (χ4n) is 3.45. The van der Waals surface area contributed by atoms with Crippen LogP contribution in [0.4, 0.5) is 0 Å². The smallest absolute Gasteiger partial charge is 0.288 e. The van der Waals surface area contributed by atoms with Crippen molar-refractivity contribution in [1.29, 1.82) is 0 Å². The highest BCUT2D eigenvalue weighted by Crippen LogP contribution is 2.41. The average molecular weight is 440 g/mol. The molecule has 0 aliphatic carbocycles. The van der Waals surface area contributed by atoms with Crippen molar-refractivity contribution >= 4 is 40.1 Å². The van der Waals surface area contributed by atoms with E-state index in [1.54, 1.807) is 6.92 Å². The van der Waals surface area contributed by atoms with E-state index in [4.69, 9.17) is 32.8 Å². The second kappa shape index (κ2) is 7.88. The molecule has 28 heavy (non-hydrogen) atoms. The summed E-state index contributed by atoms with van der Waals surface area (Å²) in [6.07, 6.45) is 0. The Bertz CT molecular complexity index is 917. The predicted octanol–water partition coefficient (Wildman–Crippen LogP) is 5.50. The van der Waals surface area contributed by atoms with Crippen LogP contribution in [0.2, 0.25) is 10.0 Å². The van der Waals surface area contributed by atoms with Crippen LogP contribution in [0, 0.1) is 27.7 Å². The Morgan fingerprint density at radius 2 is 1.57 bits per heavy atom. The Balaban J connectivity index is 2.17. The number of benzene rings is 2.